The highest BCUT2D eigenvalue weighted by Crippen LogP contribution is 2.21. The Bertz CT molecular complexity index is 428. The van der Waals surface area contributed by atoms with Gasteiger partial charge in [0, 0.05) is 30.1 Å². The molecule has 1 saturated heterocycles. The van der Waals surface area contributed by atoms with Gasteiger partial charge in [-0.2, -0.15) is 11.8 Å². The molecule has 1 heterocycles. The molecule has 0 aliphatic carbocycles. The van der Waals surface area contributed by atoms with Gasteiger partial charge in [-0.25, -0.2) is 8.78 Å². The highest BCUT2D eigenvalue weighted by Gasteiger charge is 2.27. The second kappa shape index (κ2) is 6.68. The highest BCUT2D eigenvalue weighted by atomic mass is 32.2. The van der Waals surface area contributed by atoms with E-state index in [2.05, 4.69) is 17.3 Å². The molecular formula is C14H20F2N2S. The van der Waals surface area contributed by atoms with Gasteiger partial charge in [-0.1, -0.05) is 0 Å². The fourth-order valence-corrected chi connectivity index (χ4v) is 3.81. The lowest BCUT2D eigenvalue weighted by atomic mass is 9.99. The maximum atomic E-state index is 13.7. The van der Waals surface area contributed by atoms with E-state index in [0.717, 1.165) is 24.1 Å². The first-order valence-electron chi connectivity index (χ1n) is 6.51. The Hall–Kier alpha value is -0.650. The largest absolute Gasteiger partial charge is 0.315 e. The first-order valence-corrected chi connectivity index (χ1v) is 7.66. The monoisotopic (exact) mass is 286 g/mol. The summed E-state index contributed by atoms with van der Waals surface area (Å²) in [5.74, 6) is 1.46. The van der Waals surface area contributed by atoms with Gasteiger partial charge < -0.3 is 10.2 Å². The quantitative estimate of drug-likeness (QED) is 0.913. The van der Waals surface area contributed by atoms with Gasteiger partial charge in [0.15, 0.2) is 0 Å². The Morgan fingerprint density at radius 2 is 2.26 bits per heavy atom. The molecule has 1 aliphatic heterocycles. The van der Waals surface area contributed by atoms with Gasteiger partial charge in [-0.3, -0.25) is 0 Å². The van der Waals surface area contributed by atoms with Gasteiger partial charge in [0.2, 0.25) is 0 Å². The van der Waals surface area contributed by atoms with Gasteiger partial charge in [-0.05, 0) is 44.3 Å². The highest BCUT2D eigenvalue weighted by molar-refractivity contribution is 7.99. The molecular weight excluding hydrogens is 266 g/mol. The number of nitrogens with zero attached hydrogens (tertiary/aromatic N) is 1. The predicted molar refractivity (Wildman–Crippen MR) is 76.7 cm³/mol. The molecule has 0 spiro atoms. The zero-order valence-electron chi connectivity index (χ0n) is 11.3. The van der Waals surface area contributed by atoms with Crippen LogP contribution in [0, 0.1) is 11.6 Å². The van der Waals surface area contributed by atoms with Crippen molar-refractivity contribution in [3.05, 3.63) is 35.4 Å². The SMILES string of the molecule is CNC(Cc1cc(F)ccc1F)C1CSCCN1C. The fourth-order valence-electron chi connectivity index (χ4n) is 2.50. The van der Waals surface area contributed by atoms with Crippen LogP contribution in [-0.2, 0) is 6.42 Å². The standard InChI is InChI=1S/C14H20F2N2S/c1-17-13(14-9-19-6-5-18(14)2)8-10-7-11(15)3-4-12(10)16/h3-4,7,13-14,17H,5-6,8-9H2,1-2H3. The van der Waals surface area contributed by atoms with Crippen LogP contribution in [0.5, 0.6) is 0 Å². The third kappa shape index (κ3) is 3.68. The van der Waals surface area contributed by atoms with Crippen LogP contribution in [0.4, 0.5) is 8.78 Å². The van der Waals surface area contributed by atoms with Crippen molar-refractivity contribution in [3.63, 3.8) is 0 Å². The topological polar surface area (TPSA) is 15.3 Å². The van der Waals surface area contributed by atoms with Crippen molar-refractivity contribution < 1.29 is 8.78 Å². The fraction of sp³-hybridized carbons (Fsp3) is 0.571. The van der Waals surface area contributed by atoms with Crippen LogP contribution < -0.4 is 5.32 Å². The summed E-state index contributed by atoms with van der Waals surface area (Å²) in [4.78, 5) is 2.30. The number of thioether (sulfide) groups is 1. The Morgan fingerprint density at radius 1 is 1.47 bits per heavy atom. The molecule has 0 aromatic heterocycles. The number of benzene rings is 1. The summed E-state index contributed by atoms with van der Waals surface area (Å²) < 4.78 is 26.9. The zero-order valence-corrected chi connectivity index (χ0v) is 12.1. The molecule has 1 aromatic carbocycles. The molecule has 2 nitrogen and oxygen atoms in total. The number of hydrogen-bond donors (Lipinski definition) is 1. The molecule has 0 radical (unpaired) electrons. The van der Waals surface area contributed by atoms with Crippen LogP contribution in [0.2, 0.25) is 0 Å². The van der Waals surface area contributed by atoms with E-state index in [9.17, 15) is 8.78 Å². The van der Waals surface area contributed by atoms with Gasteiger partial charge >= 0.3 is 0 Å². The molecule has 1 N–H and O–H groups in total. The normalized spacial score (nSPS) is 22.4. The molecule has 1 aromatic rings. The number of hydrogen-bond acceptors (Lipinski definition) is 3. The van der Waals surface area contributed by atoms with Crippen molar-refractivity contribution in [2.24, 2.45) is 0 Å². The maximum Gasteiger partial charge on any atom is 0.126 e. The average molecular weight is 286 g/mol. The van der Waals surface area contributed by atoms with E-state index in [1.165, 1.54) is 12.1 Å². The molecule has 5 heteroatoms. The summed E-state index contributed by atoms with van der Waals surface area (Å²) in [7, 11) is 3.98. The van der Waals surface area contributed by atoms with Gasteiger partial charge in [0.25, 0.3) is 0 Å². The summed E-state index contributed by atoms with van der Waals surface area (Å²) in [5.41, 5.74) is 0.448. The molecule has 106 valence electrons. The Kier molecular flexibility index (Phi) is 5.19. The summed E-state index contributed by atoms with van der Waals surface area (Å²) in [5, 5.41) is 3.25. The van der Waals surface area contributed by atoms with Crippen molar-refractivity contribution in [2.75, 3.05) is 32.1 Å². The van der Waals surface area contributed by atoms with Crippen molar-refractivity contribution >= 4 is 11.8 Å². The molecule has 2 atom stereocenters. The molecule has 0 amide bonds. The number of likely N-dealkylation sites (N-methyl/N-ethyl adjacent to an activating group) is 2. The summed E-state index contributed by atoms with van der Waals surface area (Å²) in [6.45, 7) is 1.04. The average Bonchev–Trinajstić information content (AvgIpc) is 2.41. The van der Waals surface area contributed by atoms with Crippen molar-refractivity contribution in [1.82, 2.24) is 10.2 Å². The maximum absolute atomic E-state index is 13.7. The van der Waals surface area contributed by atoms with E-state index < -0.39 is 0 Å². The number of rotatable bonds is 4. The van der Waals surface area contributed by atoms with Crippen molar-refractivity contribution in [2.45, 2.75) is 18.5 Å². The molecule has 2 rings (SSSR count). The van der Waals surface area contributed by atoms with Crippen LogP contribution >= 0.6 is 11.8 Å². The zero-order chi connectivity index (χ0) is 13.8. The van der Waals surface area contributed by atoms with Crippen LogP contribution in [0.3, 0.4) is 0 Å². The smallest absolute Gasteiger partial charge is 0.126 e. The molecule has 1 fully saturated rings. The second-order valence-electron chi connectivity index (χ2n) is 4.96. The van der Waals surface area contributed by atoms with Gasteiger partial charge in [0.05, 0.1) is 0 Å². The third-order valence-corrected chi connectivity index (χ3v) is 4.77. The van der Waals surface area contributed by atoms with Crippen LogP contribution in [0.1, 0.15) is 5.56 Å². The first kappa shape index (κ1) is 14.8. The van der Waals surface area contributed by atoms with Crippen LogP contribution in [0.15, 0.2) is 18.2 Å². The van der Waals surface area contributed by atoms with Gasteiger partial charge in [-0.15, -0.1) is 0 Å². The van der Waals surface area contributed by atoms with E-state index in [4.69, 9.17) is 0 Å². The molecule has 1 aliphatic rings. The lowest BCUT2D eigenvalue weighted by Crippen LogP contribution is -2.52. The van der Waals surface area contributed by atoms with Gasteiger partial charge in [0.1, 0.15) is 11.6 Å². The van der Waals surface area contributed by atoms with E-state index in [-0.39, 0.29) is 17.7 Å². The minimum atomic E-state index is -0.377. The summed E-state index contributed by atoms with van der Waals surface area (Å²) in [6.07, 6.45) is 0.510. The van der Waals surface area contributed by atoms with Crippen LogP contribution in [0.25, 0.3) is 0 Å². The Labute approximate surface area is 117 Å². The number of halogens is 2. The third-order valence-electron chi connectivity index (χ3n) is 3.73. The Morgan fingerprint density at radius 3 is 2.95 bits per heavy atom. The minimum absolute atomic E-state index is 0.133. The minimum Gasteiger partial charge on any atom is -0.315 e. The van der Waals surface area contributed by atoms with E-state index >= 15 is 0 Å². The molecule has 19 heavy (non-hydrogen) atoms. The lowest BCUT2D eigenvalue weighted by Gasteiger charge is -2.37. The summed E-state index contributed by atoms with van der Waals surface area (Å²) in [6, 6.07) is 4.16. The number of nitrogens with one attached hydrogen (secondary N) is 1. The van der Waals surface area contributed by atoms with Crippen molar-refractivity contribution in [1.29, 1.82) is 0 Å². The van der Waals surface area contributed by atoms with Crippen molar-refractivity contribution in [3.8, 4) is 0 Å². The van der Waals surface area contributed by atoms with E-state index in [1.54, 1.807) is 0 Å². The summed E-state index contributed by atoms with van der Waals surface area (Å²) >= 11 is 1.92. The van der Waals surface area contributed by atoms with E-state index in [1.807, 2.05) is 18.8 Å². The van der Waals surface area contributed by atoms with E-state index in [0.29, 0.717) is 18.0 Å². The van der Waals surface area contributed by atoms with Crippen LogP contribution in [-0.4, -0.2) is 49.1 Å². The lowest BCUT2D eigenvalue weighted by molar-refractivity contribution is 0.218. The molecule has 0 saturated carbocycles. The second-order valence-corrected chi connectivity index (χ2v) is 6.11. The molecule has 0 bridgehead atoms. The molecule has 2 unspecified atom stereocenters. The first-order chi connectivity index (χ1) is 9.11. The predicted octanol–water partition coefficient (Wildman–Crippen LogP) is 2.14. The Balaban J connectivity index is 2.11.